The highest BCUT2D eigenvalue weighted by molar-refractivity contribution is 5.88. The largest absolute Gasteiger partial charge is 0.461 e. The third-order valence-corrected chi connectivity index (χ3v) is 8.71. The van der Waals surface area contributed by atoms with Crippen LogP contribution in [0.15, 0.2) is 54.6 Å². The van der Waals surface area contributed by atoms with Crippen molar-refractivity contribution in [3.8, 4) is 11.1 Å². The van der Waals surface area contributed by atoms with E-state index in [2.05, 4.69) is 20.1 Å². The number of hydrogen-bond donors (Lipinski definition) is 2. The minimum atomic E-state index is -1.12. The second-order valence-corrected chi connectivity index (χ2v) is 12.0. The zero-order chi connectivity index (χ0) is 32.9. The number of benzene rings is 2. The Kier molecular flexibility index (Phi) is 14.3. The zero-order valence-corrected chi connectivity index (χ0v) is 26.1. The fourth-order valence-electron chi connectivity index (χ4n) is 5.77. The molecule has 246 valence electrons. The van der Waals surface area contributed by atoms with Crippen LogP contribution in [0.5, 0.6) is 0 Å². The predicted octanol–water partition coefficient (Wildman–Crippen LogP) is 7.36. The Bertz CT molecular complexity index is 1300. The quantitative estimate of drug-likeness (QED) is 0.108. The van der Waals surface area contributed by atoms with E-state index in [1.165, 1.54) is 62.8 Å². The Morgan fingerprint density at radius 2 is 1.38 bits per heavy atom. The number of aryl methyl sites for hydroxylation is 1. The number of esters is 2. The second kappa shape index (κ2) is 17.9. The van der Waals surface area contributed by atoms with Crippen LogP contribution < -0.4 is 0 Å². The maximum Gasteiger partial charge on any atom is 0.335 e. The molecular weight excluding hydrogens is 585 g/mol. The number of carbonyl (C=O) groups is 2. The molecular formula is C36H45F3O6. The van der Waals surface area contributed by atoms with Crippen molar-refractivity contribution in [1.29, 1.82) is 0 Å². The molecule has 0 spiro atoms. The first-order valence-corrected chi connectivity index (χ1v) is 15.8. The van der Waals surface area contributed by atoms with E-state index in [-0.39, 0.29) is 46.6 Å². The van der Waals surface area contributed by atoms with E-state index in [4.69, 9.17) is 19.7 Å². The van der Waals surface area contributed by atoms with Crippen LogP contribution in [0, 0.1) is 29.3 Å². The summed E-state index contributed by atoms with van der Waals surface area (Å²) >= 11 is 0. The van der Waals surface area contributed by atoms with Gasteiger partial charge >= 0.3 is 11.9 Å². The maximum atomic E-state index is 15.4. The average molecular weight is 631 g/mol. The van der Waals surface area contributed by atoms with Crippen molar-refractivity contribution in [2.45, 2.75) is 77.0 Å². The highest BCUT2D eigenvalue weighted by atomic mass is 19.2. The van der Waals surface area contributed by atoms with Crippen LogP contribution in [0.25, 0.3) is 11.1 Å². The Hall–Kier alpha value is -3.43. The molecule has 6 nitrogen and oxygen atoms in total. The van der Waals surface area contributed by atoms with Gasteiger partial charge in [-0.15, -0.1) is 0 Å². The molecule has 0 bridgehead atoms. The summed E-state index contributed by atoms with van der Waals surface area (Å²) < 4.78 is 56.1. The first-order valence-electron chi connectivity index (χ1n) is 15.8. The van der Waals surface area contributed by atoms with Crippen molar-refractivity contribution in [2.75, 3.05) is 26.4 Å². The first-order chi connectivity index (χ1) is 21.6. The maximum absolute atomic E-state index is 15.4. The molecule has 3 rings (SSSR count). The summed E-state index contributed by atoms with van der Waals surface area (Å²) in [5.41, 5.74) is -0.257. The lowest BCUT2D eigenvalue weighted by atomic mass is 9.77. The summed E-state index contributed by atoms with van der Waals surface area (Å²) in [4.78, 5) is 24.0. The van der Waals surface area contributed by atoms with E-state index >= 15 is 13.2 Å². The summed E-state index contributed by atoms with van der Waals surface area (Å²) in [5.74, 6) is -4.32. The third-order valence-electron chi connectivity index (χ3n) is 8.71. The predicted molar refractivity (Wildman–Crippen MR) is 167 cm³/mol. The summed E-state index contributed by atoms with van der Waals surface area (Å²) in [7, 11) is 0. The Balaban J connectivity index is 1.70. The summed E-state index contributed by atoms with van der Waals surface area (Å²) in [6.07, 6.45) is 10.9. The van der Waals surface area contributed by atoms with Gasteiger partial charge in [0, 0.05) is 11.1 Å². The van der Waals surface area contributed by atoms with E-state index in [1.807, 2.05) is 0 Å². The summed E-state index contributed by atoms with van der Waals surface area (Å²) in [5, 5.41) is 18.2. The molecule has 1 aliphatic rings. The van der Waals surface area contributed by atoms with Gasteiger partial charge in [-0.3, -0.25) is 0 Å². The fraction of sp³-hybridized carbons (Fsp3) is 0.500. The number of ether oxygens (including phenoxy) is 2. The molecule has 0 amide bonds. The summed E-state index contributed by atoms with van der Waals surface area (Å²) in [6.45, 7) is 7.00. The van der Waals surface area contributed by atoms with Crippen LogP contribution in [0.1, 0.15) is 81.8 Å². The molecule has 0 aromatic heterocycles. The second-order valence-electron chi connectivity index (χ2n) is 12.0. The van der Waals surface area contributed by atoms with Crippen LogP contribution in [-0.2, 0) is 25.5 Å². The van der Waals surface area contributed by atoms with Crippen molar-refractivity contribution in [2.24, 2.45) is 11.8 Å². The molecule has 0 atom stereocenters. The molecule has 1 saturated carbocycles. The van der Waals surface area contributed by atoms with Gasteiger partial charge in [-0.1, -0.05) is 95.7 Å². The molecule has 1 fully saturated rings. The molecule has 0 aliphatic heterocycles. The van der Waals surface area contributed by atoms with Crippen LogP contribution >= 0.6 is 0 Å². The molecule has 0 saturated heterocycles. The Morgan fingerprint density at radius 3 is 1.91 bits per heavy atom. The van der Waals surface area contributed by atoms with Crippen molar-refractivity contribution in [3.05, 3.63) is 83.2 Å². The molecule has 2 aromatic rings. The molecule has 9 heteroatoms. The minimum absolute atomic E-state index is 0.154. The van der Waals surface area contributed by atoms with Crippen molar-refractivity contribution in [3.63, 3.8) is 0 Å². The Labute approximate surface area is 263 Å². The normalized spacial score (nSPS) is 16.4. The first kappa shape index (κ1) is 36.0. The van der Waals surface area contributed by atoms with Gasteiger partial charge < -0.3 is 19.7 Å². The molecule has 0 radical (unpaired) electrons. The Morgan fingerprint density at radius 1 is 0.822 bits per heavy atom. The van der Waals surface area contributed by atoms with Crippen molar-refractivity contribution < 1.29 is 42.4 Å². The highest BCUT2D eigenvalue weighted by Crippen LogP contribution is 2.36. The smallest absolute Gasteiger partial charge is 0.335 e. The lowest BCUT2D eigenvalue weighted by Gasteiger charge is -2.28. The van der Waals surface area contributed by atoms with Gasteiger partial charge in [0.15, 0.2) is 11.6 Å². The average Bonchev–Trinajstić information content (AvgIpc) is 3.05. The molecule has 2 N–H and O–H groups in total. The fourth-order valence-corrected chi connectivity index (χ4v) is 5.77. The molecule has 1 aliphatic carbocycles. The molecule has 2 aromatic carbocycles. The van der Waals surface area contributed by atoms with Gasteiger partial charge in [0.05, 0.1) is 30.3 Å². The van der Waals surface area contributed by atoms with Gasteiger partial charge in [-0.05, 0) is 41.9 Å². The standard InChI is InChI=1S/C36H45F3O6/c1-4-5-6-7-25-8-10-26(11-9-25)12-13-27-14-17-31(34(39)33(27)38)30-16-15-28(18-32(30)37)29(21-44-35(42)23(2)19-40)22-45-36(43)24(3)20-41/h14-18,25-26,29,40-41H,2-13,19-22H2,1H3. The van der Waals surface area contributed by atoms with Gasteiger partial charge in [0.1, 0.15) is 19.0 Å². The number of unbranched alkanes of at least 4 members (excludes halogenated alkanes) is 2. The van der Waals surface area contributed by atoms with E-state index in [0.717, 1.165) is 31.2 Å². The molecule has 0 unspecified atom stereocenters. The van der Waals surface area contributed by atoms with E-state index in [9.17, 15) is 9.59 Å². The van der Waals surface area contributed by atoms with Gasteiger partial charge in [-0.2, -0.15) is 0 Å². The number of halogens is 3. The van der Waals surface area contributed by atoms with Crippen LogP contribution in [-0.4, -0.2) is 48.6 Å². The van der Waals surface area contributed by atoms with Crippen LogP contribution in [0.2, 0.25) is 0 Å². The minimum Gasteiger partial charge on any atom is -0.461 e. The number of rotatable bonds is 17. The highest BCUT2D eigenvalue weighted by Gasteiger charge is 2.24. The molecule has 45 heavy (non-hydrogen) atoms. The number of carbonyl (C=O) groups excluding carboxylic acids is 2. The van der Waals surface area contributed by atoms with Gasteiger partial charge in [0.2, 0.25) is 0 Å². The van der Waals surface area contributed by atoms with Gasteiger partial charge in [0.25, 0.3) is 0 Å². The third kappa shape index (κ3) is 10.3. The summed E-state index contributed by atoms with van der Waals surface area (Å²) in [6, 6.07) is 6.71. The van der Waals surface area contributed by atoms with Gasteiger partial charge in [-0.25, -0.2) is 22.8 Å². The van der Waals surface area contributed by atoms with Crippen LogP contribution in [0.4, 0.5) is 13.2 Å². The zero-order valence-electron chi connectivity index (χ0n) is 26.1. The number of aliphatic hydroxyl groups is 2. The van der Waals surface area contributed by atoms with E-state index in [1.54, 1.807) is 0 Å². The number of hydrogen-bond acceptors (Lipinski definition) is 6. The van der Waals surface area contributed by atoms with Crippen LogP contribution in [0.3, 0.4) is 0 Å². The molecule has 0 heterocycles. The van der Waals surface area contributed by atoms with Crippen molar-refractivity contribution in [1.82, 2.24) is 0 Å². The van der Waals surface area contributed by atoms with E-state index in [0.29, 0.717) is 12.3 Å². The topological polar surface area (TPSA) is 93.1 Å². The number of aliphatic hydroxyl groups excluding tert-OH is 2. The van der Waals surface area contributed by atoms with Crippen molar-refractivity contribution >= 4 is 11.9 Å². The van der Waals surface area contributed by atoms with E-state index < -0.39 is 48.5 Å². The lowest BCUT2D eigenvalue weighted by Crippen LogP contribution is -2.21. The SMILES string of the molecule is C=C(CO)C(=O)OCC(COC(=O)C(=C)CO)c1ccc(-c2ccc(CCC3CCC(CCCCC)CC3)c(F)c2F)c(F)c1. The monoisotopic (exact) mass is 630 g/mol. The lowest BCUT2D eigenvalue weighted by molar-refractivity contribution is -0.142.